The first-order chi connectivity index (χ1) is 5.34. The molecular weight excluding hydrogens is 206 g/mol. The lowest BCUT2D eigenvalue weighted by Gasteiger charge is -1.83. The molecule has 0 saturated carbocycles. The summed E-state index contributed by atoms with van der Waals surface area (Å²) in [6.45, 7) is 0.674. The minimum absolute atomic E-state index is 0.674. The van der Waals surface area contributed by atoms with Crippen molar-refractivity contribution in [2.45, 2.75) is 0 Å². The largest absolute Gasteiger partial charge is 0.455 e. The SMILES string of the molecule is CNCC#Cc1occc1Br. The van der Waals surface area contributed by atoms with Crippen molar-refractivity contribution < 1.29 is 4.42 Å². The Morgan fingerprint density at radius 2 is 2.55 bits per heavy atom. The molecule has 0 aliphatic heterocycles. The van der Waals surface area contributed by atoms with Gasteiger partial charge in [-0.1, -0.05) is 5.92 Å². The molecule has 0 aliphatic rings. The summed E-state index contributed by atoms with van der Waals surface area (Å²) in [4.78, 5) is 0. The molecule has 0 amide bonds. The van der Waals surface area contributed by atoms with Crippen molar-refractivity contribution in [3.8, 4) is 11.8 Å². The molecular formula is C8H8BrNO. The Hall–Kier alpha value is -0.720. The molecule has 58 valence electrons. The third kappa shape index (κ3) is 2.41. The van der Waals surface area contributed by atoms with Crippen molar-refractivity contribution in [2.75, 3.05) is 13.6 Å². The van der Waals surface area contributed by atoms with E-state index in [0.717, 1.165) is 4.47 Å². The summed E-state index contributed by atoms with van der Waals surface area (Å²) >= 11 is 3.30. The van der Waals surface area contributed by atoms with Crippen molar-refractivity contribution in [2.24, 2.45) is 0 Å². The van der Waals surface area contributed by atoms with Gasteiger partial charge >= 0.3 is 0 Å². The zero-order chi connectivity index (χ0) is 8.10. The van der Waals surface area contributed by atoms with E-state index in [1.165, 1.54) is 0 Å². The van der Waals surface area contributed by atoms with Gasteiger partial charge in [-0.25, -0.2) is 0 Å². The second-order valence-corrected chi connectivity index (χ2v) is 2.78. The predicted octanol–water partition coefficient (Wildman–Crippen LogP) is 1.61. The van der Waals surface area contributed by atoms with Gasteiger partial charge in [0.25, 0.3) is 0 Å². The van der Waals surface area contributed by atoms with Crippen LogP contribution < -0.4 is 5.32 Å². The van der Waals surface area contributed by atoms with Gasteiger partial charge in [0.1, 0.15) is 0 Å². The Bertz CT molecular complexity index is 282. The maximum Gasteiger partial charge on any atom is 0.190 e. The Morgan fingerprint density at radius 1 is 1.73 bits per heavy atom. The molecule has 0 unspecified atom stereocenters. The molecule has 0 aromatic carbocycles. The summed E-state index contributed by atoms with van der Waals surface area (Å²) in [6, 6.07) is 1.82. The van der Waals surface area contributed by atoms with Gasteiger partial charge in [0.2, 0.25) is 0 Å². The molecule has 2 nitrogen and oxygen atoms in total. The summed E-state index contributed by atoms with van der Waals surface area (Å²) in [5, 5.41) is 2.92. The Labute approximate surface area is 74.1 Å². The van der Waals surface area contributed by atoms with Crippen molar-refractivity contribution in [1.29, 1.82) is 0 Å². The van der Waals surface area contributed by atoms with E-state index >= 15 is 0 Å². The van der Waals surface area contributed by atoms with Crippen LogP contribution in [-0.2, 0) is 0 Å². The standard InChI is InChI=1S/C8H8BrNO/c1-10-5-2-3-8-7(9)4-6-11-8/h4,6,10H,5H2,1H3. The number of halogens is 1. The van der Waals surface area contributed by atoms with Crippen LogP contribution in [0.15, 0.2) is 21.2 Å². The van der Waals surface area contributed by atoms with Gasteiger partial charge in [-0.2, -0.15) is 0 Å². The van der Waals surface area contributed by atoms with Crippen LogP contribution in [0.3, 0.4) is 0 Å². The van der Waals surface area contributed by atoms with Crippen LogP contribution in [-0.4, -0.2) is 13.6 Å². The van der Waals surface area contributed by atoms with Gasteiger partial charge in [0.05, 0.1) is 17.3 Å². The van der Waals surface area contributed by atoms with Gasteiger partial charge in [0, 0.05) is 0 Å². The molecule has 0 saturated heterocycles. The number of hydrogen-bond acceptors (Lipinski definition) is 2. The maximum atomic E-state index is 5.06. The first-order valence-electron chi connectivity index (χ1n) is 3.21. The molecule has 1 aromatic heterocycles. The van der Waals surface area contributed by atoms with Gasteiger partial charge in [-0.15, -0.1) is 0 Å². The minimum Gasteiger partial charge on any atom is -0.455 e. The van der Waals surface area contributed by atoms with Gasteiger partial charge < -0.3 is 9.73 Å². The molecule has 3 heteroatoms. The molecule has 0 atom stereocenters. The summed E-state index contributed by atoms with van der Waals surface area (Å²) in [5.74, 6) is 6.44. The van der Waals surface area contributed by atoms with Crippen LogP contribution in [0.1, 0.15) is 5.76 Å². The van der Waals surface area contributed by atoms with Crippen LogP contribution >= 0.6 is 15.9 Å². The molecule has 1 N–H and O–H groups in total. The van der Waals surface area contributed by atoms with E-state index in [1.807, 2.05) is 13.1 Å². The van der Waals surface area contributed by atoms with E-state index in [4.69, 9.17) is 4.42 Å². The molecule has 1 rings (SSSR count). The summed E-state index contributed by atoms with van der Waals surface area (Å²) in [6.07, 6.45) is 1.60. The highest BCUT2D eigenvalue weighted by atomic mass is 79.9. The number of furan rings is 1. The van der Waals surface area contributed by atoms with E-state index in [-0.39, 0.29) is 0 Å². The van der Waals surface area contributed by atoms with E-state index in [1.54, 1.807) is 6.26 Å². The fourth-order valence-corrected chi connectivity index (χ4v) is 0.896. The Morgan fingerprint density at radius 3 is 3.09 bits per heavy atom. The number of nitrogens with one attached hydrogen (secondary N) is 1. The maximum absolute atomic E-state index is 5.06. The van der Waals surface area contributed by atoms with E-state index in [0.29, 0.717) is 12.3 Å². The van der Waals surface area contributed by atoms with Gasteiger partial charge in [-0.05, 0) is 35.0 Å². The van der Waals surface area contributed by atoms with Crippen LogP contribution in [0, 0.1) is 11.8 Å². The smallest absolute Gasteiger partial charge is 0.190 e. The fourth-order valence-electron chi connectivity index (χ4n) is 0.596. The second-order valence-electron chi connectivity index (χ2n) is 1.93. The van der Waals surface area contributed by atoms with Gasteiger partial charge in [-0.3, -0.25) is 0 Å². The van der Waals surface area contributed by atoms with Crippen molar-refractivity contribution in [3.63, 3.8) is 0 Å². The highest BCUT2D eigenvalue weighted by molar-refractivity contribution is 9.10. The molecule has 0 spiro atoms. The predicted molar refractivity (Wildman–Crippen MR) is 47.2 cm³/mol. The zero-order valence-electron chi connectivity index (χ0n) is 6.15. The average Bonchev–Trinajstić information content (AvgIpc) is 2.37. The number of hydrogen-bond donors (Lipinski definition) is 1. The Kier molecular flexibility index (Phi) is 3.21. The molecule has 0 bridgehead atoms. The number of rotatable bonds is 1. The lowest BCUT2D eigenvalue weighted by molar-refractivity contribution is 0.552. The average molecular weight is 214 g/mol. The quantitative estimate of drug-likeness (QED) is 0.718. The topological polar surface area (TPSA) is 25.2 Å². The Balaban J connectivity index is 2.65. The first-order valence-corrected chi connectivity index (χ1v) is 4.00. The third-order valence-electron chi connectivity index (χ3n) is 1.08. The minimum atomic E-state index is 0.674. The summed E-state index contributed by atoms with van der Waals surface area (Å²) < 4.78 is 5.97. The zero-order valence-corrected chi connectivity index (χ0v) is 7.73. The summed E-state index contributed by atoms with van der Waals surface area (Å²) in [5.41, 5.74) is 0. The molecule has 0 aliphatic carbocycles. The van der Waals surface area contributed by atoms with Crippen molar-refractivity contribution >= 4 is 15.9 Å². The summed E-state index contributed by atoms with van der Waals surface area (Å²) in [7, 11) is 1.85. The lowest BCUT2D eigenvalue weighted by atomic mass is 10.4. The fraction of sp³-hybridized carbons (Fsp3) is 0.250. The van der Waals surface area contributed by atoms with E-state index in [9.17, 15) is 0 Å². The lowest BCUT2D eigenvalue weighted by Crippen LogP contribution is -2.04. The monoisotopic (exact) mass is 213 g/mol. The second kappa shape index (κ2) is 4.22. The molecule has 11 heavy (non-hydrogen) atoms. The normalized spacial score (nSPS) is 8.91. The van der Waals surface area contributed by atoms with Crippen LogP contribution in [0.5, 0.6) is 0 Å². The van der Waals surface area contributed by atoms with E-state index in [2.05, 4.69) is 33.1 Å². The molecule has 1 aromatic rings. The molecule has 1 heterocycles. The highest BCUT2D eigenvalue weighted by Crippen LogP contribution is 2.15. The van der Waals surface area contributed by atoms with E-state index < -0.39 is 0 Å². The van der Waals surface area contributed by atoms with Crippen molar-refractivity contribution in [3.05, 3.63) is 22.6 Å². The van der Waals surface area contributed by atoms with Crippen molar-refractivity contribution in [1.82, 2.24) is 5.32 Å². The third-order valence-corrected chi connectivity index (χ3v) is 1.71. The van der Waals surface area contributed by atoms with Crippen LogP contribution in [0.4, 0.5) is 0 Å². The van der Waals surface area contributed by atoms with Crippen LogP contribution in [0.25, 0.3) is 0 Å². The van der Waals surface area contributed by atoms with Crippen LogP contribution in [0.2, 0.25) is 0 Å². The van der Waals surface area contributed by atoms with Gasteiger partial charge in [0.15, 0.2) is 5.76 Å². The highest BCUT2D eigenvalue weighted by Gasteiger charge is 1.96. The molecule has 0 fully saturated rings. The molecule has 0 radical (unpaired) electrons. The first kappa shape index (κ1) is 8.38.